The zero-order valence-corrected chi connectivity index (χ0v) is 12.7. The minimum atomic E-state index is -0.498. The zero-order chi connectivity index (χ0) is 14.0. The molecule has 0 bridgehead atoms. The molecule has 0 spiro atoms. The van der Waals surface area contributed by atoms with Gasteiger partial charge in [-0.05, 0) is 33.9 Å². The number of ether oxygens (including phenoxy) is 1. The number of nitrogens with zero attached hydrogens (tertiary/aromatic N) is 1. The fraction of sp³-hybridized carbons (Fsp3) is 0.929. The molecule has 0 aromatic heterocycles. The van der Waals surface area contributed by atoms with E-state index in [1.54, 1.807) is 0 Å². The monoisotopic (exact) mass is 258 g/mol. The Morgan fingerprint density at radius 3 is 2.39 bits per heavy atom. The third kappa shape index (κ3) is 5.83. The van der Waals surface area contributed by atoms with Gasteiger partial charge in [0, 0.05) is 13.1 Å². The SMILES string of the molecule is CCCCC(CC)(NCCN(C)C)C(=O)OCC. The van der Waals surface area contributed by atoms with Gasteiger partial charge in [0.05, 0.1) is 6.61 Å². The molecule has 1 N–H and O–H groups in total. The van der Waals surface area contributed by atoms with Crippen molar-refractivity contribution in [1.29, 1.82) is 0 Å². The molecule has 0 saturated heterocycles. The van der Waals surface area contributed by atoms with Crippen molar-refractivity contribution in [3.8, 4) is 0 Å². The van der Waals surface area contributed by atoms with Crippen molar-refractivity contribution in [3.63, 3.8) is 0 Å². The summed E-state index contributed by atoms with van der Waals surface area (Å²) < 4.78 is 5.24. The van der Waals surface area contributed by atoms with Crippen molar-refractivity contribution in [2.75, 3.05) is 33.8 Å². The van der Waals surface area contributed by atoms with Gasteiger partial charge < -0.3 is 15.0 Å². The second-order valence-electron chi connectivity index (χ2n) is 4.99. The maximum absolute atomic E-state index is 12.2. The van der Waals surface area contributed by atoms with Gasteiger partial charge in [-0.1, -0.05) is 26.7 Å². The standard InChI is InChI=1S/C14H30N2O2/c1-6-9-10-14(7-2,13(17)18-8-3)15-11-12-16(4)5/h15H,6-12H2,1-5H3. The molecular formula is C14H30N2O2. The molecule has 4 nitrogen and oxygen atoms in total. The van der Waals surface area contributed by atoms with Gasteiger partial charge in [0.1, 0.15) is 5.54 Å². The molecule has 0 radical (unpaired) electrons. The molecular weight excluding hydrogens is 228 g/mol. The van der Waals surface area contributed by atoms with E-state index in [0.717, 1.165) is 38.8 Å². The van der Waals surface area contributed by atoms with Gasteiger partial charge in [0.2, 0.25) is 0 Å². The summed E-state index contributed by atoms with van der Waals surface area (Å²) in [5, 5.41) is 3.42. The van der Waals surface area contributed by atoms with Crippen LogP contribution in [0.15, 0.2) is 0 Å². The number of carbonyl (C=O) groups excluding carboxylic acids is 1. The lowest BCUT2D eigenvalue weighted by molar-refractivity contribution is -0.152. The Balaban J connectivity index is 4.58. The topological polar surface area (TPSA) is 41.6 Å². The number of rotatable bonds is 10. The normalized spacial score (nSPS) is 14.6. The fourth-order valence-electron chi connectivity index (χ4n) is 1.98. The van der Waals surface area contributed by atoms with E-state index in [9.17, 15) is 4.79 Å². The maximum Gasteiger partial charge on any atom is 0.326 e. The molecule has 0 rings (SSSR count). The number of hydrogen-bond acceptors (Lipinski definition) is 4. The Morgan fingerprint density at radius 1 is 1.28 bits per heavy atom. The summed E-state index contributed by atoms with van der Waals surface area (Å²) in [7, 11) is 4.07. The van der Waals surface area contributed by atoms with Crippen LogP contribution in [0.4, 0.5) is 0 Å². The summed E-state index contributed by atoms with van der Waals surface area (Å²) in [5.41, 5.74) is -0.498. The maximum atomic E-state index is 12.2. The Morgan fingerprint density at radius 2 is 1.94 bits per heavy atom. The molecule has 108 valence electrons. The highest BCUT2D eigenvalue weighted by molar-refractivity contribution is 5.80. The minimum absolute atomic E-state index is 0.0975. The first kappa shape index (κ1) is 17.4. The van der Waals surface area contributed by atoms with Crippen LogP contribution in [0.5, 0.6) is 0 Å². The first-order valence-corrected chi connectivity index (χ1v) is 7.09. The number of unbranched alkanes of at least 4 members (excludes halogenated alkanes) is 1. The van der Waals surface area contributed by atoms with E-state index in [0.29, 0.717) is 6.61 Å². The third-order valence-corrected chi connectivity index (χ3v) is 3.25. The van der Waals surface area contributed by atoms with Crippen molar-refractivity contribution in [1.82, 2.24) is 10.2 Å². The van der Waals surface area contributed by atoms with Crippen molar-refractivity contribution in [2.24, 2.45) is 0 Å². The van der Waals surface area contributed by atoms with Crippen LogP contribution >= 0.6 is 0 Å². The lowest BCUT2D eigenvalue weighted by Crippen LogP contribution is -2.54. The summed E-state index contributed by atoms with van der Waals surface area (Å²) in [4.78, 5) is 14.3. The van der Waals surface area contributed by atoms with E-state index in [-0.39, 0.29) is 5.97 Å². The molecule has 0 aliphatic carbocycles. The molecule has 0 aliphatic heterocycles. The van der Waals surface area contributed by atoms with E-state index in [1.165, 1.54) is 0 Å². The van der Waals surface area contributed by atoms with Crippen molar-refractivity contribution in [2.45, 2.75) is 52.0 Å². The first-order chi connectivity index (χ1) is 8.52. The van der Waals surface area contributed by atoms with E-state index >= 15 is 0 Å². The minimum Gasteiger partial charge on any atom is -0.465 e. The van der Waals surface area contributed by atoms with Crippen molar-refractivity contribution >= 4 is 5.97 Å². The van der Waals surface area contributed by atoms with Gasteiger partial charge in [-0.3, -0.25) is 4.79 Å². The van der Waals surface area contributed by atoms with Gasteiger partial charge in [0.25, 0.3) is 0 Å². The summed E-state index contributed by atoms with van der Waals surface area (Å²) in [5.74, 6) is -0.0975. The van der Waals surface area contributed by atoms with Crippen LogP contribution in [0, 0.1) is 0 Å². The highest BCUT2D eigenvalue weighted by Gasteiger charge is 2.36. The Hall–Kier alpha value is -0.610. The van der Waals surface area contributed by atoms with Gasteiger partial charge >= 0.3 is 5.97 Å². The summed E-state index contributed by atoms with van der Waals surface area (Å²) in [6.07, 6.45) is 3.77. The van der Waals surface area contributed by atoms with E-state index in [2.05, 4.69) is 24.1 Å². The number of esters is 1. The van der Waals surface area contributed by atoms with Crippen LogP contribution in [-0.2, 0) is 9.53 Å². The van der Waals surface area contributed by atoms with Gasteiger partial charge in [0.15, 0.2) is 0 Å². The van der Waals surface area contributed by atoms with Crippen molar-refractivity contribution in [3.05, 3.63) is 0 Å². The first-order valence-electron chi connectivity index (χ1n) is 7.09. The molecule has 0 amide bonds. The molecule has 0 heterocycles. The largest absolute Gasteiger partial charge is 0.465 e. The van der Waals surface area contributed by atoms with Crippen molar-refractivity contribution < 1.29 is 9.53 Å². The number of likely N-dealkylation sites (N-methyl/N-ethyl adjacent to an activating group) is 1. The fourth-order valence-corrected chi connectivity index (χ4v) is 1.98. The summed E-state index contributed by atoms with van der Waals surface area (Å²) >= 11 is 0. The molecule has 0 saturated carbocycles. The molecule has 0 fully saturated rings. The van der Waals surface area contributed by atoms with Crippen LogP contribution in [0.25, 0.3) is 0 Å². The van der Waals surface area contributed by atoms with Crippen LogP contribution in [-0.4, -0.2) is 50.2 Å². The summed E-state index contributed by atoms with van der Waals surface area (Å²) in [6, 6.07) is 0. The van der Waals surface area contributed by atoms with Crippen LogP contribution in [0.3, 0.4) is 0 Å². The zero-order valence-electron chi connectivity index (χ0n) is 12.7. The summed E-state index contributed by atoms with van der Waals surface area (Å²) in [6.45, 7) is 8.23. The molecule has 0 aromatic carbocycles. The van der Waals surface area contributed by atoms with E-state index in [1.807, 2.05) is 21.0 Å². The average Bonchev–Trinajstić information content (AvgIpc) is 2.33. The second-order valence-corrected chi connectivity index (χ2v) is 4.99. The highest BCUT2D eigenvalue weighted by atomic mass is 16.5. The predicted molar refractivity (Wildman–Crippen MR) is 75.7 cm³/mol. The smallest absolute Gasteiger partial charge is 0.326 e. The molecule has 1 unspecified atom stereocenters. The number of carbonyl (C=O) groups is 1. The molecule has 18 heavy (non-hydrogen) atoms. The predicted octanol–water partition coefficient (Wildman–Crippen LogP) is 2.04. The van der Waals surface area contributed by atoms with Crippen LogP contribution in [0.1, 0.15) is 46.5 Å². The number of nitrogens with one attached hydrogen (secondary N) is 1. The van der Waals surface area contributed by atoms with Crippen LogP contribution in [0.2, 0.25) is 0 Å². The Kier molecular flexibility index (Phi) is 9.02. The molecule has 4 heteroatoms. The quantitative estimate of drug-likeness (QED) is 0.609. The van der Waals surface area contributed by atoms with E-state index < -0.39 is 5.54 Å². The molecule has 0 aliphatic rings. The van der Waals surface area contributed by atoms with Gasteiger partial charge in [-0.15, -0.1) is 0 Å². The Labute approximate surface area is 112 Å². The van der Waals surface area contributed by atoms with Gasteiger partial charge in [-0.2, -0.15) is 0 Å². The Bertz CT molecular complexity index is 232. The van der Waals surface area contributed by atoms with Gasteiger partial charge in [-0.25, -0.2) is 0 Å². The second kappa shape index (κ2) is 9.34. The number of hydrogen-bond donors (Lipinski definition) is 1. The highest BCUT2D eigenvalue weighted by Crippen LogP contribution is 2.20. The lowest BCUT2D eigenvalue weighted by atomic mass is 9.89. The van der Waals surface area contributed by atoms with E-state index in [4.69, 9.17) is 4.74 Å². The average molecular weight is 258 g/mol. The lowest BCUT2D eigenvalue weighted by Gasteiger charge is -2.32. The molecule has 0 aromatic rings. The van der Waals surface area contributed by atoms with Crippen LogP contribution < -0.4 is 5.32 Å². The molecule has 1 atom stereocenters. The third-order valence-electron chi connectivity index (χ3n) is 3.25.